The lowest BCUT2D eigenvalue weighted by atomic mass is 9.43. The van der Waals surface area contributed by atoms with Crippen LogP contribution in [0.25, 0.3) is 0 Å². The lowest BCUT2D eigenvalue weighted by Gasteiger charge is -2.62. The van der Waals surface area contributed by atoms with Gasteiger partial charge in [0.25, 0.3) is 0 Å². The second-order valence-corrected chi connectivity index (χ2v) is 9.59. The maximum atomic E-state index is 12.0. The molecule has 0 saturated heterocycles. The first kappa shape index (κ1) is 15.2. The van der Waals surface area contributed by atoms with E-state index in [1.807, 2.05) is 0 Å². The Bertz CT molecular complexity index is 486. The number of hydrogen-bond acceptors (Lipinski definition) is 2. The maximum Gasteiger partial charge on any atom is 0.133 e. The normalized spacial score (nSPS) is 57.9. The third kappa shape index (κ3) is 1.85. The van der Waals surface area contributed by atoms with Gasteiger partial charge in [-0.1, -0.05) is 20.8 Å². The molecule has 2 heteroatoms. The molecule has 0 radical (unpaired) electrons. The van der Waals surface area contributed by atoms with Crippen LogP contribution < -0.4 is 0 Å². The maximum absolute atomic E-state index is 12.0. The molecule has 1 N–H and O–H groups in total. The van der Waals surface area contributed by atoms with E-state index in [0.29, 0.717) is 23.0 Å². The Morgan fingerprint density at radius 2 is 1.77 bits per heavy atom. The third-order valence-corrected chi connectivity index (χ3v) is 8.79. The van der Waals surface area contributed by atoms with E-state index in [-0.39, 0.29) is 11.5 Å². The summed E-state index contributed by atoms with van der Waals surface area (Å²) in [5, 5.41) is 10.5. The minimum atomic E-state index is -0.0795. The van der Waals surface area contributed by atoms with Gasteiger partial charge in [-0.25, -0.2) is 0 Å². The van der Waals surface area contributed by atoms with Gasteiger partial charge in [0.2, 0.25) is 0 Å². The Morgan fingerprint density at radius 3 is 2.55 bits per heavy atom. The Morgan fingerprint density at radius 1 is 1.05 bits per heavy atom. The van der Waals surface area contributed by atoms with Crippen LogP contribution in [0.3, 0.4) is 0 Å². The van der Waals surface area contributed by atoms with E-state index >= 15 is 0 Å². The van der Waals surface area contributed by atoms with E-state index in [1.54, 1.807) is 0 Å². The fourth-order valence-corrected chi connectivity index (χ4v) is 7.40. The summed E-state index contributed by atoms with van der Waals surface area (Å²) in [6, 6.07) is 0. The zero-order chi connectivity index (χ0) is 15.7. The van der Waals surface area contributed by atoms with Crippen molar-refractivity contribution in [1.82, 2.24) is 0 Å². The Labute approximate surface area is 135 Å². The van der Waals surface area contributed by atoms with Crippen molar-refractivity contribution in [1.29, 1.82) is 0 Å². The molecule has 4 rings (SSSR count). The highest BCUT2D eigenvalue weighted by Crippen LogP contribution is 2.67. The van der Waals surface area contributed by atoms with E-state index < -0.39 is 0 Å². The molecule has 0 bridgehead atoms. The molecule has 4 aliphatic rings. The molecular formula is C20H32O2. The second-order valence-electron chi connectivity index (χ2n) is 9.59. The number of ketones is 1. The van der Waals surface area contributed by atoms with Crippen LogP contribution in [0.4, 0.5) is 0 Å². The highest BCUT2D eigenvalue weighted by atomic mass is 16.3. The summed E-state index contributed by atoms with van der Waals surface area (Å²) in [6.45, 7) is 7.30. The average Bonchev–Trinajstić information content (AvgIpc) is 2.77. The molecule has 0 aromatic carbocycles. The molecule has 0 heterocycles. The van der Waals surface area contributed by atoms with Crippen molar-refractivity contribution < 1.29 is 9.90 Å². The summed E-state index contributed by atoms with van der Waals surface area (Å²) in [6.07, 6.45) is 8.65. The lowest BCUT2D eigenvalue weighted by molar-refractivity contribution is -0.153. The minimum absolute atomic E-state index is 0.0795. The summed E-state index contributed by atoms with van der Waals surface area (Å²) in [7, 11) is 0. The van der Waals surface area contributed by atoms with Crippen molar-refractivity contribution in [3.05, 3.63) is 0 Å². The van der Waals surface area contributed by atoms with Gasteiger partial charge in [0, 0.05) is 12.8 Å². The zero-order valence-electron chi connectivity index (χ0n) is 14.5. The number of hydrogen-bond donors (Lipinski definition) is 1. The van der Waals surface area contributed by atoms with E-state index in [1.165, 1.54) is 25.7 Å². The van der Waals surface area contributed by atoms with Crippen LogP contribution in [0, 0.1) is 40.4 Å². The van der Waals surface area contributed by atoms with E-state index in [9.17, 15) is 9.90 Å². The number of carbonyl (C=O) groups is 1. The minimum Gasteiger partial charge on any atom is -0.393 e. The molecule has 0 aliphatic heterocycles. The smallest absolute Gasteiger partial charge is 0.133 e. The van der Waals surface area contributed by atoms with Gasteiger partial charge in [-0.2, -0.15) is 0 Å². The van der Waals surface area contributed by atoms with Crippen molar-refractivity contribution in [3.8, 4) is 0 Å². The van der Waals surface area contributed by atoms with Crippen LogP contribution in [-0.4, -0.2) is 17.0 Å². The first-order chi connectivity index (χ1) is 10.4. The second kappa shape index (κ2) is 4.82. The van der Waals surface area contributed by atoms with Crippen LogP contribution in [-0.2, 0) is 4.79 Å². The summed E-state index contributed by atoms with van der Waals surface area (Å²) < 4.78 is 0. The predicted octanol–water partition coefficient (Wildman–Crippen LogP) is 4.21. The number of aliphatic hydroxyl groups is 1. The van der Waals surface area contributed by atoms with Crippen molar-refractivity contribution in [2.75, 3.05) is 0 Å². The van der Waals surface area contributed by atoms with Crippen LogP contribution in [0.15, 0.2) is 0 Å². The lowest BCUT2D eigenvalue weighted by Crippen LogP contribution is -2.56. The van der Waals surface area contributed by atoms with Crippen LogP contribution in [0.2, 0.25) is 0 Å². The predicted molar refractivity (Wildman–Crippen MR) is 87.3 cm³/mol. The number of fused-ring (bicyclic) bond motifs is 5. The third-order valence-electron chi connectivity index (χ3n) is 8.79. The largest absolute Gasteiger partial charge is 0.393 e. The zero-order valence-corrected chi connectivity index (χ0v) is 14.5. The van der Waals surface area contributed by atoms with Gasteiger partial charge < -0.3 is 5.11 Å². The Balaban J connectivity index is 1.68. The van der Waals surface area contributed by atoms with E-state index in [2.05, 4.69) is 20.8 Å². The van der Waals surface area contributed by atoms with Crippen LogP contribution in [0.1, 0.15) is 72.1 Å². The van der Waals surface area contributed by atoms with Crippen LogP contribution in [0.5, 0.6) is 0 Å². The van der Waals surface area contributed by atoms with Gasteiger partial charge in [-0.3, -0.25) is 4.79 Å². The molecule has 22 heavy (non-hydrogen) atoms. The molecule has 0 aromatic rings. The monoisotopic (exact) mass is 304 g/mol. The molecule has 2 unspecified atom stereocenters. The fraction of sp³-hybridized carbons (Fsp3) is 0.950. The Hall–Kier alpha value is -0.370. The van der Waals surface area contributed by atoms with Gasteiger partial charge in [0.15, 0.2) is 0 Å². The van der Waals surface area contributed by atoms with Gasteiger partial charge in [-0.15, -0.1) is 0 Å². The molecule has 0 spiro atoms. The summed E-state index contributed by atoms with van der Waals surface area (Å²) >= 11 is 0. The number of Topliss-reactive ketones (excluding diaryl/α,β-unsaturated/α-hetero) is 1. The highest BCUT2D eigenvalue weighted by Gasteiger charge is 2.61. The molecule has 8 atom stereocenters. The standard InChI is InChI=1S/C20H32O2/c1-12-10-13-11-14(21)6-8-19(13,2)16-7-9-20(3)15(18(12)16)4-5-17(20)22/h12-13,15-18,22H,4-11H2,1-3H3/t12?,13?,15-,16-,17-,18-,19-,20-/m0/s1. The molecule has 4 aliphatic carbocycles. The van der Waals surface area contributed by atoms with E-state index in [4.69, 9.17) is 0 Å². The molecule has 0 amide bonds. The van der Waals surface area contributed by atoms with Gasteiger partial charge in [-0.05, 0) is 78.9 Å². The van der Waals surface area contributed by atoms with Crippen molar-refractivity contribution in [2.45, 2.75) is 78.2 Å². The summed E-state index contributed by atoms with van der Waals surface area (Å²) in [5.41, 5.74) is 0.559. The summed E-state index contributed by atoms with van der Waals surface area (Å²) in [4.78, 5) is 12.0. The number of carbonyl (C=O) groups excluding carboxylic acids is 1. The van der Waals surface area contributed by atoms with Crippen molar-refractivity contribution in [3.63, 3.8) is 0 Å². The molecule has 4 saturated carbocycles. The molecule has 4 fully saturated rings. The Kier molecular flexibility index (Phi) is 3.32. The molecular weight excluding hydrogens is 272 g/mol. The molecule has 2 nitrogen and oxygen atoms in total. The quantitative estimate of drug-likeness (QED) is 0.728. The highest BCUT2D eigenvalue weighted by molar-refractivity contribution is 5.79. The van der Waals surface area contributed by atoms with Gasteiger partial charge >= 0.3 is 0 Å². The first-order valence-electron chi connectivity index (χ1n) is 9.56. The van der Waals surface area contributed by atoms with E-state index in [0.717, 1.165) is 43.4 Å². The van der Waals surface area contributed by atoms with Crippen LogP contribution >= 0.6 is 0 Å². The summed E-state index contributed by atoms with van der Waals surface area (Å²) in [5.74, 6) is 4.14. The number of rotatable bonds is 0. The van der Waals surface area contributed by atoms with Crippen molar-refractivity contribution in [2.24, 2.45) is 40.4 Å². The SMILES string of the molecule is CC1CC2CC(=O)CC[C@]2(C)[C@H]2CC[C@]3(C)[C@@H](O)CC[C@H]3[C@H]12. The van der Waals surface area contributed by atoms with Crippen molar-refractivity contribution >= 4 is 5.78 Å². The fourth-order valence-electron chi connectivity index (χ4n) is 7.40. The molecule has 124 valence electrons. The van der Waals surface area contributed by atoms with Gasteiger partial charge in [0.1, 0.15) is 5.78 Å². The average molecular weight is 304 g/mol. The topological polar surface area (TPSA) is 37.3 Å². The first-order valence-corrected chi connectivity index (χ1v) is 9.56. The van der Waals surface area contributed by atoms with Gasteiger partial charge in [0.05, 0.1) is 6.10 Å². The molecule has 0 aromatic heterocycles. The number of aliphatic hydroxyl groups excluding tert-OH is 1.